The topological polar surface area (TPSA) is 55.1 Å². The Labute approximate surface area is 132 Å². The Hall–Kier alpha value is -2.60. The van der Waals surface area contributed by atoms with Gasteiger partial charge in [0.1, 0.15) is 5.82 Å². The van der Waals surface area contributed by atoms with Gasteiger partial charge in [-0.05, 0) is 29.8 Å². The molecular formula is C17H15FN4O. The molecular weight excluding hydrogens is 295 g/mol. The van der Waals surface area contributed by atoms with Crippen molar-refractivity contribution in [3.63, 3.8) is 0 Å². The van der Waals surface area contributed by atoms with Crippen LogP contribution in [0.5, 0.6) is 0 Å². The number of rotatable bonds is 4. The van der Waals surface area contributed by atoms with Crippen LogP contribution in [0.3, 0.4) is 0 Å². The molecule has 2 aromatic heterocycles. The summed E-state index contributed by atoms with van der Waals surface area (Å²) in [4.78, 5) is 10.8. The van der Waals surface area contributed by atoms with Gasteiger partial charge in [-0.2, -0.15) is 4.98 Å². The normalized spacial score (nSPS) is 15.5. The molecule has 3 heterocycles. The van der Waals surface area contributed by atoms with Crippen molar-refractivity contribution in [3.05, 3.63) is 66.1 Å². The molecule has 4 rings (SSSR count). The lowest BCUT2D eigenvalue weighted by atomic mass is 9.99. The highest BCUT2D eigenvalue weighted by atomic mass is 19.1. The fourth-order valence-electron chi connectivity index (χ4n) is 2.72. The van der Waals surface area contributed by atoms with Crippen LogP contribution in [0.2, 0.25) is 0 Å². The molecule has 6 heteroatoms. The summed E-state index contributed by atoms with van der Waals surface area (Å²) < 4.78 is 18.3. The molecule has 3 aromatic rings. The van der Waals surface area contributed by atoms with Crippen LogP contribution in [0.4, 0.5) is 4.39 Å². The predicted octanol–water partition coefficient (Wildman–Crippen LogP) is 2.87. The van der Waals surface area contributed by atoms with Gasteiger partial charge in [0.2, 0.25) is 11.7 Å². The number of likely N-dealkylation sites (tertiary alicyclic amines) is 1. The molecule has 0 N–H and O–H groups in total. The van der Waals surface area contributed by atoms with Crippen LogP contribution in [0.25, 0.3) is 11.4 Å². The Morgan fingerprint density at radius 3 is 2.74 bits per heavy atom. The van der Waals surface area contributed by atoms with E-state index in [2.05, 4.69) is 20.0 Å². The van der Waals surface area contributed by atoms with Gasteiger partial charge in [-0.1, -0.05) is 17.3 Å². The third-order valence-electron chi connectivity index (χ3n) is 3.99. The minimum Gasteiger partial charge on any atom is -0.339 e. The number of halogens is 1. The summed E-state index contributed by atoms with van der Waals surface area (Å²) in [6, 6.07) is 10.4. The van der Waals surface area contributed by atoms with E-state index >= 15 is 0 Å². The van der Waals surface area contributed by atoms with Crippen molar-refractivity contribution in [2.24, 2.45) is 0 Å². The monoisotopic (exact) mass is 310 g/mol. The molecule has 5 nitrogen and oxygen atoms in total. The molecule has 116 valence electrons. The molecule has 1 saturated heterocycles. The van der Waals surface area contributed by atoms with E-state index in [9.17, 15) is 4.39 Å². The van der Waals surface area contributed by atoms with Gasteiger partial charge in [0.05, 0.1) is 5.92 Å². The van der Waals surface area contributed by atoms with Crippen LogP contribution in [0.15, 0.2) is 53.3 Å². The average molecular weight is 310 g/mol. The molecule has 0 spiro atoms. The van der Waals surface area contributed by atoms with E-state index in [-0.39, 0.29) is 11.7 Å². The fraction of sp³-hybridized carbons (Fsp3) is 0.235. The van der Waals surface area contributed by atoms with Gasteiger partial charge in [-0.3, -0.25) is 9.88 Å². The number of aromatic nitrogens is 3. The van der Waals surface area contributed by atoms with Gasteiger partial charge >= 0.3 is 0 Å². The van der Waals surface area contributed by atoms with Gasteiger partial charge in [-0.15, -0.1) is 0 Å². The van der Waals surface area contributed by atoms with Gasteiger partial charge in [0, 0.05) is 37.6 Å². The Bertz CT molecular complexity index is 782. The fourth-order valence-corrected chi connectivity index (χ4v) is 2.72. The first-order valence-corrected chi connectivity index (χ1v) is 7.49. The van der Waals surface area contributed by atoms with Crippen LogP contribution in [-0.4, -0.2) is 33.1 Å². The smallest absolute Gasteiger partial charge is 0.232 e. The Morgan fingerprint density at radius 1 is 1.17 bits per heavy atom. The maximum absolute atomic E-state index is 12.9. The zero-order chi connectivity index (χ0) is 15.6. The molecule has 1 aliphatic rings. The number of hydrogen-bond acceptors (Lipinski definition) is 5. The quantitative estimate of drug-likeness (QED) is 0.741. The van der Waals surface area contributed by atoms with E-state index in [0.717, 1.165) is 30.8 Å². The zero-order valence-electron chi connectivity index (χ0n) is 12.4. The maximum atomic E-state index is 12.9. The van der Waals surface area contributed by atoms with Crippen LogP contribution in [0, 0.1) is 5.82 Å². The minimum absolute atomic E-state index is 0.205. The molecule has 1 aliphatic heterocycles. The van der Waals surface area contributed by atoms with E-state index in [0.29, 0.717) is 11.7 Å². The van der Waals surface area contributed by atoms with Crippen LogP contribution in [0.1, 0.15) is 17.4 Å². The van der Waals surface area contributed by atoms with Gasteiger partial charge in [0.15, 0.2) is 0 Å². The van der Waals surface area contributed by atoms with Crippen molar-refractivity contribution in [2.75, 3.05) is 13.1 Å². The van der Waals surface area contributed by atoms with Crippen molar-refractivity contribution in [3.8, 4) is 11.4 Å². The average Bonchev–Trinajstić information content (AvgIpc) is 3.02. The van der Waals surface area contributed by atoms with E-state index in [1.54, 1.807) is 12.4 Å². The molecule has 0 unspecified atom stereocenters. The highest BCUT2D eigenvalue weighted by Crippen LogP contribution is 2.28. The third kappa shape index (κ3) is 2.98. The SMILES string of the molecule is Fc1ccc(CN2CC(c3nc(-c4cccnc4)no3)C2)cc1. The molecule has 0 saturated carbocycles. The lowest BCUT2D eigenvalue weighted by Crippen LogP contribution is -2.44. The molecule has 1 aromatic carbocycles. The standard InChI is InChI=1S/C17H15FN4O/c18-15-5-3-12(4-6-15)9-22-10-14(11-22)17-20-16(21-23-17)13-2-1-7-19-8-13/h1-8,14H,9-11H2. The van der Waals surface area contributed by atoms with Crippen LogP contribution in [-0.2, 0) is 6.54 Å². The highest BCUT2D eigenvalue weighted by Gasteiger charge is 2.32. The Balaban J connectivity index is 1.37. The molecule has 0 atom stereocenters. The summed E-state index contributed by atoms with van der Waals surface area (Å²) in [5.41, 5.74) is 1.96. The van der Waals surface area contributed by atoms with Gasteiger partial charge in [0.25, 0.3) is 0 Å². The molecule has 1 fully saturated rings. The summed E-state index contributed by atoms with van der Waals surface area (Å²) in [5, 5.41) is 4.02. The summed E-state index contributed by atoms with van der Waals surface area (Å²) in [5.74, 6) is 1.29. The largest absolute Gasteiger partial charge is 0.339 e. The minimum atomic E-state index is -0.205. The molecule has 0 aliphatic carbocycles. The molecule has 23 heavy (non-hydrogen) atoms. The molecule has 0 radical (unpaired) electrons. The first kappa shape index (κ1) is 14.0. The lowest BCUT2D eigenvalue weighted by Gasteiger charge is -2.37. The van der Waals surface area contributed by atoms with Crippen molar-refractivity contribution in [1.29, 1.82) is 0 Å². The van der Waals surface area contributed by atoms with Crippen molar-refractivity contribution in [1.82, 2.24) is 20.0 Å². The van der Waals surface area contributed by atoms with E-state index < -0.39 is 0 Å². The summed E-state index contributed by atoms with van der Waals surface area (Å²) in [7, 11) is 0. The molecule has 0 bridgehead atoms. The van der Waals surface area contributed by atoms with Gasteiger partial charge < -0.3 is 4.52 Å². The Morgan fingerprint density at radius 2 is 2.00 bits per heavy atom. The second-order valence-corrected chi connectivity index (χ2v) is 5.72. The summed E-state index contributed by atoms with van der Waals surface area (Å²) in [6.45, 7) is 2.54. The number of hydrogen-bond donors (Lipinski definition) is 0. The van der Waals surface area contributed by atoms with E-state index in [1.165, 1.54) is 12.1 Å². The lowest BCUT2D eigenvalue weighted by molar-refractivity contribution is 0.117. The first-order valence-electron chi connectivity index (χ1n) is 7.49. The highest BCUT2D eigenvalue weighted by molar-refractivity contribution is 5.51. The van der Waals surface area contributed by atoms with E-state index in [4.69, 9.17) is 4.52 Å². The molecule has 0 amide bonds. The maximum Gasteiger partial charge on any atom is 0.232 e. The predicted molar refractivity (Wildman–Crippen MR) is 81.9 cm³/mol. The van der Waals surface area contributed by atoms with Crippen LogP contribution >= 0.6 is 0 Å². The summed E-state index contributed by atoms with van der Waals surface area (Å²) in [6.07, 6.45) is 3.43. The second kappa shape index (κ2) is 5.89. The second-order valence-electron chi connectivity index (χ2n) is 5.72. The van der Waals surface area contributed by atoms with Crippen LogP contribution < -0.4 is 0 Å². The first-order chi connectivity index (χ1) is 11.3. The number of pyridine rings is 1. The third-order valence-corrected chi connectivity index (χ3v) is 3.99. The van der Waals surface area contributed by atoms with Gasteiger partial charge in [-0.25, -0.2) is 4.39 Å². The van der Waals surface area contributed by atoms with Crippen molar-refractivity contribution in [2.45, 2.75) is 12.5 Å². The Kier molecular flexibility index (Phi) is 3.59. The summed E-state index contributed by atoms with van der Waals surface area (Å²) >= 11 is 0. The number of nitrogens with zero attached hydrogens (tertiary/aromatic N) is 4. The van der Waals surface area contributed by atoms with Crippen molar-refractivity contribution < 1.29 is 8.91 Å². The number of benzene rings is 1. The van der Waals surface area contributed by atoms with E-state index in [1.807, 2.05) is 24.3 Å². The zero-order valence-corrected chi connectivity index (χ0v) is 12.4. The van der Waals surface area contributed by atoms with Crippen molar-refractivity contribution >= 4 is 0 Å².